The van der Waals surface area contributed by atoms with Crippen molar-refractivity contribution in [3.05, 3.63) is 46.6 Å². The predicted molar refractivity (Wildman–Crippen MR) is 65.8 cm³/mol. The fourth-order valence-electron chi connectivity index (χ4n) is 1.29. The van der Waals surface area contributed by atoms with Crippen molar-refractivity contribution in [3.63, 3.8) is 0 Å². The van der Waals surface area contributed by atoms with E-state index in [4.69, 9.17) is 4.84 Å². The molecule has 0 aliphatic carbocycles. The van der Waals surface area contributed by atoms with Crippen molar-refractivity contribution in [1.82, 2.24) is 9.78 Å². The number of benzene rings is 1. The van der Waals surface area contributed by atoms with E-state index in [2.05, 4.69) is 26.5 Å². The number of rotatable bonds is 4. The molecular formula is C11H12BrN3O. The molecule has 5 heteroatoms. The Morgan fingerprint density at radius 2 is 2.12 bits per heavy atom. The number of hydrogen-bond donors (Lipinski definition) is 1. The lowest BCUT2D eigenvalue weighted by Crippen LogP contribution is -2.06. The fraction of sp³-hybridized carbons (Fsp3) is 0.182. The first-order chi connectivity index (χ1) is 7.77. The summed E-state index contributed by atoms with van der Waals surface area (Å²) in [6, 6.07) is 9.98. The first-order valence-corrected chi connectivity index (χ1v) is 5.66. The van der Waals surface area contributed by atoms with Crippen molar-refractivity contribution in [2.75, 3.05) is 5.48 Å². The van der Waals surface area contributed by atoms with Gasteiger partial charge in [0.1, 0.15) is 0 Å². The maximum Gasteiger partial charge on any atom is 0.162 e. The summed E-state index contributed by atoms with van der Waals surface area (Å²) in [5, 5.41) is 4.07. The Kier molecular flexibility index (Phi) is 3.58. The van der Waals surface area contributed by atoms with Crippen LogP contribution in [0.3, 0.4) is 0 Å². The van der Waals surface area contributed by atoms with Crippen LogP contribution in [-0.4, -0.2) is 9.78 Å². The van der Waals surface area contributed by atoms with Crippen LogP contribution in [-0.2, 0) is 18.5 Å². The van der Waals surface area contributed by atoms with Crippen LogP contribution in [0.25, 0.3) is 0 Å². The van der Waals surface area contributed by atoms with Crippen LogP contribution >= 0.6 is 15.9 Å². The Morgan fingerprint density at radius 3 is 2.75 bits per heavy atom. The van der Waals surface area contributed by atoms with Gasteiger partial charge in [0, 0.05) is 7.05 Å². The average Bonchev–Trinajstić information content (AvgIpc) is 2.62. The molecule has 0 bridgehead atoms. The molecular weight excluding hydrogens is 270 g/mol. The van der Waals surface area contributed by atoms with Crippen LogP contribution in [0.4, 0.5) is 5.82 Å². The summed E-state index contributed by atoms with van der Waals surface area (Å²) >= 11 is 3.38. The van der Waals surface area contributed by atoms with Crippen LogP contribution in [0.2, 0.25) is 0 Å². The molecule has 0 aliphatic heterocycles. The molecule has 1 heterocycles. The number of anilines is 1. The van der Waals surface area contributed by atoms with Crippen molar-refractivity contribution in [3.8, 4) is 0 Å². The van der Waals surface area contributed by atoms with Gasteiger partial charge in [-0.1, -0.05) is 30.3 Å². The van der Waals surface area contributed by atoms with Gasteiger partial charge < -0.3 is 0 Å². The van der Waals surface area contributed by atoms with E-state index < -0.39 is 0 Å². The average molecular weight is 282 g/mol. The Labute approximate surface area is 102 Å². The van der Waals surface area contributed by atoms with E-state index in [0.717, 1.165) is 15.9 Å². The molecule has 0 amide bonds. The van der Waals surface area contributed by atoms with Gasteiger partial charge in [0.15, 0.2) is 5.82 Å². The lowest BCUT2D eigenvalue weighted by Gasteiger charge is -2.07. The van der Waals surface area contributed by atoms with E-state index in [1.54, 1.807) is 10.9 Å². The highest BCUT2D eigenvalue weighted by molar-refractivity contribution is 9.10. The zero-order valence-corrected chi connectivity index (χ0v) is 10.4. The highest BCUT2D eigenvalue weighted by Gasteiger charge is 2.04. The lowest BCUT2D eigenvalue weighted by molar-refractivity contribution is 0.177. The van der Waals surface area contributed by atoms with Gasteiger partial charge in [-0.15, -0.1) is 0 Å². The van der Waals surface area contributed by atoms with Crippen LogP contribution < -0.4 is 5.48 Å². The predicted octanol–water partition coefficient (Wildman–Crippen LogP) is 2.73. The first kappa shape index (κ1) is 11.2. The normalized spacial score (nSPS) is 10.4. The number of nitrogens with zero attached hydrogens (tertiary/aromatic N) is 2. The summed E-state index contributed by atoms with van der Waals surface area (Å²) in [6.07, 6.45) is 1.72. The third-order valence-electron chi connectivity index (χ3n) is 2.14. The van der Waals surface area contributed by atoms with E-state index in [9.17, 15) is 0 Å². The molecule has 2 rings (SSSR count). The summed E-state index contributed by atoms with van der Waals surface area (Å²) in [5.74, 6) is 0.802. The largest absolute Gasteiger partial charge is 0.270 e. The molecule has 16 heavy (non-hydrogen) atoms. The zero-order chi connectivity index (χ0) is 11.4. The summed E-state index contributed by atoms with van der Waals surface area (Å²) in [4.78, 5) is 5.38. The second-order valence-corrected chi connectivity index (χ2v) is 4.20. The molecule has 4 nitrogen and oxygen atoms in total. The molecule has 2 aromatic rings. The van der Waals surface area contributed by atoms with Gasteiger partial charge in [-0.3, -0.25) is 9.52 Å². The Bertz CT molecular complexity index is 436. The number of aromatic nitrogens is 2. The molecule has 1 aromatic carbocycles. The molecule has 0 aliphatic rings. The molecule has 0 spiro atoms. The second-order valence-electron chi connectivity index (χ2n) is 3.34. The van der Waals surface area contributed by atoms with Crippen molar-refractivity contribution < 1.29 is 4.84 Å². The van der Waals surface area contributed by atoms with Gasteiger partial charge >= 0.3 is 0 Å². The monoisotopic (exact) mass is 281 g/mol. The van der Waals surface area contributed by atoms with Crippen LogP contribution in [0.15, 0.2) is 41.0 Å². The smallest absolute Gasteiger partial charge is 0.162 e. The number of hydrogen-bond acceptors (Lipinski definition) is 3. The number of halogens is 1. The Balaban J connectivity index is 1.89. The third kappa shape index (κ3) is 2.62. The highest BCUT2D eigenvalue weighted by atomic mass is 79.9. The maximum atomic E-state index is 5.38. The lowest BCUT2D eigenvalue weighted by atomic mass is 10.2. The molecule has 84 valence electrons. The maximum absolute atomic E-state index is 5.38. The second kappa shape index (κ2) is 5.14. The van der Waals surface area contributed by atoms with Crippen molar-refractivity contribution in [2.45, 2.75) is 6.61 Å². The summed E-state index contributed by atoms with van der Waals surface area (Å²) in [5.41, 5.74) is 3.98. The van der Waals surface area contributed by atoms with E-state index in [1.807, 2.05) is 37.4 Å². The van der Waals surface area contributed by atoms with Crippen LogP contribution in [0.1, 0.15) is 5.56 Å². The van der Waals surface area contributed by atoms with Crippen molar-refractivity contribution >= 4 is 21.7 Å². The summed E-state index contributed by atoms with van der Waals surface area (Å²) in [7, 11) is 1.85. The first-order valence-electron chi connectivity index (χ1n) is 4.86. The van der Waals surface area contributed by atoms with Gasteiger partial charge in [-0.25, -0.2) is 5.48 Å². The SMILES string of the molecule is Cn1ncc(Br)c1NOCc1ccccc1. The molecule has 0 saturated carbocycles. The highest BCUT2D eigenvalue weighted by Crippen LogP contribution is 2.20. The minimum atomic E-state index is 0.512. The number of aryl methyl sites for hydroxylation is 1. The molecule has 0 atom stereocenters. The Hall–Kier alpha value is -1.33. The van der Waals surface area contributed by atoms with E-state index >= 15 is 0 Å². The van der Waals surface area contributed by atoms with Crippen molar-refractivity contribution in [1.29, 1.82) is 0 Å². The van der Waals surface area contributed by atoms with Crippen molar-refractivity contribution in [2.24, 2.45) is 7.05 Å². The standard InChI is InChI=1S/C11H12BrN3O/c1-15-11(10(12)7-13-15)14-16-8-9-5-3-2-4-6-9/h2-7,14H,8H2,1H3. The molecule has 0 unspecified atom stereocenters. The van der Waals surface area contributed by atoms with E-state index in [1.165, 1.54) is 0 Å². The fourth-order valence-corrected chi connectivity index (χ4v) is 1.72. The summed E-state index contributed by atoms with van der Waals surface area (Å²) in [6.45, 7) is 0.512. The minimum absolute atomic E-state index is 0.512. The topological polar surface area (TPSA) is 39.1 Å². The summed E-state index contributed by atoms with van der Waals surface area (Å²) < 4.78 is 2.58. The quantitative estimate of drug-likeness (QED) is 0.876. The number of nitrogens with one attached hydrogen (secondary N) is 1. The van der Waals surface area contributed by atoms with Gasteiger partial charge in [0.25, 0.3) is 0 Å². The van der Waals surface area contributed by atoms with E-state index in [0.29, 0.717) is 6.61 Å². The third-order valence-corrected chi connectivity index (χ3v) is 2.72. The zero-order valence-electron chi connectivity index (χ0n) is 8.85. The molecule has 0 fully saturated rings. The Morgan fingerprint density at radius 1 is 1.38 bits per heavy atom. The molecule has 1 aromatic heterocycles. The molecule has 1 N–H and O–H groups in total. The van der Waals surface area contributed by atoms with Gasteiger partial charge in [-0.2, -0.15) is 5.10 Å². The van der Waals surface area contributed by atoms with E-state index in [-0.39, 0.29) is 0 Å². The van der Waals surface area contributed by atoms with Crippen LogP contribution in [0, 0.1) is 0 Å². The van der Waals surface area contributed by atoms with Gasteiger partial charge in [-0.05, 0) is 21.5 Å². The van der Waals surface area contributed by atoms with Gasteiger partial charge in [0.2, 0.25) is 0 Å². The minimum Gasteiger partial charge on any atom is -0.270 e. The van der Waals surface area contributed by atoms with Crippen LogP contribution in [0.5, 0.6) is 0 Å². The van der Waals surface area contributed by atoms with Gasteiger partial charge in [0.05, 0.1) is 17.3 Å². The molecule has 0 saturated heterocycles. The molecule has 0 radical (unpaired) electrons.